The van der Waals surface area contributed by atoms with Gasteiger partial charge in [0.2, 0.25) is 0 Å². The summed E-state index contributed by atoms with van der Waals surface area (Å²) >= 11 is 1.19. The van der Waals surface area contributed by atoms with Gasteiger partial charge in [0.05, 0.1) is 0 Å². The molecule has 0 bridgehead atoms. The van der Waals surface area contributed by atoms with Crippen LogP contribution in [-0.2, 0) is 20.7 Å². The first kappa shape index (κ1) is 15.9. The number of rotatable bonds is 4. The van der Waals surface area contributed by atoms with Crippen LogP contribution >= 0.6 is 11.8 Å². The van der Waals surface area contributed by atoms with E-state index >= 15 is 0 Å². The van der Waals surface area contributed by atoms with E-state index in [-0.39, 0.29) is 30.3 Å². The van der Waals surface area contributed by atoms with Crippen LogP contribution in [-0.4, -0.2) is 53.5 Å². The molecule has 1 fully saturated rings. The molecule has 0 aliphatic carbocycles. The lowest BCUT2D eigenvalue weighted by Crippen LogP contribution is -2.39. The second-order valence-corrected chi connectivity index (χ2v) is 6.69. The molecule has 1 aromatic rings. The van der Waals surface area contributed by atoms with Crippen LogP contribution in [0.3, 0.4) is 0 Å². The van der Waals surface area contributed by atoms with Gasteiger partial charge in [0, 0.05) is 24.0 Å². The number of thioether (sulfide) groups is 1. The molecular formula is C16H18N2O4S. The Bertz CT molecular complexity index is 649. The van der Waals surface area contributed by atoms with E-state index in [9.17, 15) is 14.4 Å². The van der Waals surface area contributed by atoms with Gasteiger partial charge in [0.25, 0.3) is 11.1 Å². The van der Waals surface area contributed by atoms with Crippen LogP contribution in [0.25, 0.3) is 0 Å². The van der Waals surface area contributed by atoms with Gasteiger partial charge in [-0.05, 0) is 25.0 Å². The van der Waals surface area contributed by atoms with Crippen molar-refractivity contribution in [2.45, 2.75) is 19.4 Å². The molecular weight excluding hydrogens is 316 g/mol. The first-order valence-electron chi connectivity index (χ1n) is 7.53. The number of carbonyl (C=O) groups excluding carboxylic acids is 3. The molecule has 0 N–H and O–H groups in total. The average molecular weight is 334 g/mol. The minimum Gasteiger partial charge on any atom is -0.454 e. The zero-order valence-electron chi connectivity index (χ0n) is 12.9. The number of hydrogen-bond acceptors (Lipinski definition) is 5. The van der Waals surface area contributed by atoms with Crippen molar-refractivity contribution in [3.05, 3.63) is 29.8 Å². The Morgan fingerprint density at radius 1 is 1.35 bits per heavy atom. The number of para-hydroxylation sites is 1. The van der Waals surface area contributed by atoms with Gasteiger partial charge in [0.1, 0.15) is 6.54 Å². The fourth-order valence-electron chi connectivity index (χ4n) is 2.93. The molecule has 1 aromatic carbocycles. The number of anilines is 1. The lowest BCUT2D eigenvalue weighted by atomic mass is 10.1. The molecule has 122 valence electrons. The molecule has 1 atom stereocenters. The summed E-state index contributed by atoms with van der Waals surface area (Å²) in [4.78, 5) is 38.7. The van der Waals surface area contributed by atoms with Crippen molar-refractivity contribution in [2.75, 3.05) is 30.3 Å². The summed E-state index contributed by atoms with van der Waals surface area (Å²) in [5.74, 6) is -0.0973. The summed E-state index contributed by atoms with van der Waals surface area (Å²) in [7, 11) is 0. The van der Waals surface area contributed by atoms with Crippen LogP contribution in [0.1, 0.15) is 12.5 Å². The molecule has 0 aromatic heterocycles. The maximum atomic E-state index is 12.4. The molecule has 23 heavy (non-hydrogen) atoms. The molecule has 2 heterocycles. The standard InChI is InChI=1S/C16H18N2O4S/c1-11-8-12-4-2-3-5-13(12)18(11)14(19)10-22-15(20)9-17-6-7-23-16(17)21/h2-5,11H,6-10H2,1H3/t11-/m1/s1. The smallest absolute Gasteiger partial charge is 0.326 e. The minimum absolute atomic E-state index is 0.0511. The molecule has 6 nitrogen and oxygen atoms in total. The molecule has 0 spiro atoms. The number of amides is 2. The SMILES string of the molecule is C[C@@H]1Cc2ccccc2N1C(=O)COC(=O)CN1CCSC1=O. The van der Waals surface area contributed by atoms with Crippen molar-refractivity contribution in [1.29, 1.82) is 0 Å². The van der Waals surface area contributed by atoms with Crippen molar-refractivity contribution in [3.63, 3.8) is 0 Å². The third-order valence-electron chi connectivity index (χ3n) is 4.00. The van der Waals surface area contributed by atoms with Crippen molar-refractivity contribution in [2.24, 2.45) is 0 Å². The summed E-state index contributed by atoms with van der Waals surface area (Å²) in [6.45, 7) is 2.13. The highest BCUT2D eigenvalue weighted by Gasteiger charge is 2.31. The number of ether oxygens (including phenoxy) is 1. The Balaban J connectivity index is 1.55. The number of nitrogens with zero attached hydrogens (tertiary/aromatic N) is 2. The van der Waals surface area contributed by atoms with Crippen LogP contribution < -0.4 is 4.90 Å². The van der Waals surface area contributed by atoms with Crippen LogP contribution in [0, 0.1) is 0 Å². The third-order valence-corrected chi connectivity index (χ3v) is 4.89. The van der Waals surface area contributed by atoms with Gasteiger partial charge >= 0.3 is 5.97 Å². The maximum Gasteiger partial charge on any atom is 0.326 e. The molecule has 0 radical (unpaired) electrons. The predicted molar refractivity (Wildman–Crippen MR) is 87.5 cm³/mol. The zero-order valence-corrected chi connectivity index (χ0v) is 13.7. The van der Waals surface area contributed by atoms with E-state index < -0.39 is 5.97 Å². The lowest BCUT2D eigenvalue weighted by Gasteiger charge is -2.22. The predicted octanol–water partition coefficient (Wildman–Crippen LogP) is 1.68. The van der Waals surface area contributed by atoms with Crippen LogP contribution in [0.4, 0.5) is 10.5 Å². The Labute approximate surface area is 138 Å². The minimum atomic E-state index is -0.547. The number of esters is 1. The molecule has 1 saturated heterocycles. The summed E-state index contributed by atoms with van der Waals surface area (Å²) in [6.07, 6.45) is 0.801. The zero-order chi connectivity index (χ0) is 16.4. The van der Waals surface area contributed by atoms with Crippen LogP contribution in [0.15, 0.2) is 24.3 Å². The maximum absolute atomic E-state index is 12.4. The fourth-order valence-corrected chi connectivity index (χ4v) is 3.75. The van der Waals surface area contributed by atoms with Crippen molar-refractivity contribution >= 4 is 34.6 Å². The fraction of sp³-hybridized carbons (Fsp3) is 0.438. The lowest BCUT2D eigenvalue weighted by molar-refractivity contribution is -0.148. The van der Waals surface area contributed by atoms with Gasteiger partial charge in [-0.15, -0.1) is 0 Å². The van der Waals surface area contributed by atoms with Crippen molar-refractivity contribution < 1.29 is 19.1 Å². The Morgan fingerprint density at radius 3 is 2.87 bits per heavy atom. The topological polar surface area (TPSA) is 66.9 Å². The van der Waals surface area contributed by atoms with Gasteiger partial charge in [0.15, 0.2) is 6.61 Å². The first-order valence-corrected chi connectivity index (χ1v) is 8.52. The van der Waals surface area contributed by atoms with Gasteiger partial charge in [-0.3, -0.25) is 14.4 Å². The summed E-state index contributed by atoms with van der Waals surface area (Å²) in [5.41, 5.74) is 2.01. The molecule has 3 rings (SSSR count). The Kier molecular flexibility index (Phi) is 4.56. The van der Waals surface area contributed by atoms with E-state index in [1.54, 1.807) is 4.90 Å². The monoisotopic (exact) mass is 334 g/mol. The van der Waals surface area contributed by atoms with Crippen molar-refractivity contribution in [3.8, 4) is 0 Å². The largest absolute Gasteiger partial charge is 0.454 e. The quantitative estimate of drug-likeness (QED) is 0.784. The summed E-state index contributed by atoms with van der Waals surface area (Å²) in [5, 5.41) is -0.115. The summed E-state index contributed by atoms with van der Waals surface area (Å²) < 4.78 is 5.06. The number of carbonyl (C=O) groups is 3. The first-order chi connectivity index (χ1) is 11.1. The van der Waals surface area contributed by atoms with Gasteiger partial charge in [-0.1, -0.05) is 30.0 Å². The Hall–Kier alpha value is -2.02. The molecule has 2 amide bonds. The molecule has 2 aliphatic heterocycles. The van der Waals surface area contributed by atoms with E-state index in [1.807, 2.05) is 31.2 Å². The number of benzene rings is 1. The number of hydrogen-bond donors (Lipinski definition) is 0. The molecule has 0 saturated carbocycles. The second-order valence-electron chi connectivity index (χ2n) is 5.64. The van der Waals surface area contributed by atoms with E-state index in [0.29, 0.717) is 12.3 Å². The van der Waals surface area contributed by atoms with Crippen LogP contribution in [0.2, 0.25) is 0 Å². The molecule has 7 heteroatoms. The second kappa shape index (κ2) is 6.62. The van der Waals surface area contributed by atoms with Gasteiger partial charge in [-0.25, -0.2) is 0 Å². The summed E-state index contributed by atoms with van der Waals surface area (Å²) in [6, 6.07) is 7.79. The normalized spacial score (nSPS) is 19.9. The molecule has 2 aliphatic rings. The number of fused-ring (bicyclic) bond motifs is 1. The highest BCUT2D eigenvalue weighted by atomic mass is 32.2. The molecule has 0 unspecified atom stereocenters. The van der Waals surface area contributed by atoms with Crippen LogP contribution in [0.5, 0.6) is 0 Å². The highest BCUT2D eigenvalue weighted by molar-refractivity contribution is 8.13. The average Bonchev–Trinajstić information content (AvgIpc) is 3.07. The van der Waals surface area contributed by atoms with E-state index in [2.05, 4.69) is 0 Å². The third kappa shape index (κ3) is 3.34. The Morgan fingerprint density at radius 2 is 2.13 bits per heavy atom. The van der Waals surface area contributed by atoms with Crippen molar-refractivity contribution in [1.82, 2.24) is 4.90 Å². The van der Waals surface area contributed by atoms with Gasteiger partial charge in [-0.2, -0.15) is 0 Å². The van der Waals surface area contributed by atoms with E-state index in [1.165, 1.54) is 16.7 Å². The van der Waals surface area contributed by atoms with E-state index in [0.717, 1.165) is 17.7 Å². The van der Waals surface area contributed by atoms with E-state index in [4.69, 9.17) is 4.74 Å². The van der Waals surface area contributed by atoms with Gasteiger partial charge < -0.3 is 14.5 Å². The highest BCUT2D eigenvalue weighted by Crippen LogP contribution is 2.31.